The van der Waals surface area contributed by atoms with E-state index in [0.717, 1.165) is 12.8 Å². The van der Waals surface area contributed by atoms with Crippen LogP contribution in [0.5, 0.6) is 0 Å². The van der Waals surface area contributed by atoms with E-state index in [0.29, 0.717) is 18.6 Å². The van der Waals surface area contributed by atoms with E-state index in [9.17, 15) is 4.79 Å². The smallest absolute Gasteiger partial charge is 0.332 e. The molecule has 0 radical (unpaired) electrons. The summed E-state index contributed by atoms with van der Waals surface area (Å²) in [7, 11) is 0. The summed E-state index contributed by atoms with van der Waals surface area (Å²) in [5.41, 5.74) is 0.391. The Labute approximate surface area is 106 Å². The Morgan fingerprint density at radius 3 is 2.06 bits per heavy atom. The van der Waals surface area contributed by atoms with Gasteiger partial charge in [-0.25, -0.2) is 4.79 Å². The zero-order chi connectivity index (χ0) is 13.5. The van der Waals surface area contributed by atoms with Gasteiger partial charge in [0, 0.05) is 0 Å². The Morgan fingerprint density at radius 2 is 1.59 bits per heavy atom. The molecule has 0 aliphatic carbocycles. The van der Waals surface area contributed by atoms with E-state index >= 15 is 0 Å². The summed E-state index contributed by atoms with van der Waals surface area (Å²) in [6.45, 7) is 13.9. The van der Waals surface area contributed by atoms with Crippen LogP contribution in [0, 0.1) is 10.8 Å². The second-order valence-electron chi connectivity index (χ2n) is 6.94. The van der Waals surface area contributed by atoms with E-state index in [1.807, 2.05) is 0 Å². The Kier molecular flexibility index (Phi) is 6.76. The number of carbonyl (C=O) groups is 1. The first kappa shape index (κ1) is 16.4. The van der Waals surface area contributed by atoms with Gasteiger partial charge in [-0.1, -0.05) is 41.5 Å². The maximum Gasteiger partial charge on any atom is 0.332 e. The summed E-state index contributed by atoms with van der Waals surface area (Å²) in [5, 5.41) is 0. The molecular formula is C14H28O3. The zero-order valence-corrected chi connectivity index (χ0v) is 12.3. The average Bonchev–Trinajstić information content (AvgIpc) is 2.09. The van der Waals surface area contributed by atoms with Crippen LogP contribution in [0.3, 0.4) is 0 Å². The fourth-order valence-corrected chi connectivity index (χ4v) is 1.27. The highest BCUT2D eigenvalue weighted by molar-refractivity contribution is 5.70. The lowest BCUT2D eigenvalue weighted by atomic mass is 9.91. The molecule has 102 valence electrons. The number of carbonyl (C=O) groups excluding carboxylic acids is 1. The average molecular weight is 244 g/mol. The highest BCUT2D eigenvalue weighted by atomic mass is 16.6. The van der Waals surface area contributed by atoms with Gasteiger partial charge in [0.05, 0.1) is 13.2 Å². The molecule has 0 heterocycles. The second-order valence-corrected chi connectivity index (χ2v) is 6.94. The fraction of sp³-hybridized carbons (Fsp3) is 0.929. The summed E-state index contributed by atoms with van der Waals surface area (Å²) in [5.74, 6) is -0.261. The Bertz CT molecular complexity index is 221. The van der Waals surface area contributed by atoms with Crippen molar-refractivity contribution in [3.8, 4) is 0 Å². The van der Waals surface area contributed by atoms with Crippen molar-refractivity contribution < 1.29 is 14.3 Å². The van der Waals surface area contributed by atoms with Gasteiger partial charge in [-0.15, -0.1) is 0 Å². The van der Waals surface area contributed by atoms with Crippen molar-refractivity contribution in [2.75, 3.05) is 19.8 Å². The van der Waals surface area contributed by atoms with Crippen molar-refractivity contribution in [1.82, 2.24) is 0 Å². The summed E-state index contributed by atoms with van der Waals surface area (Å²) in [6.07, 6.45) is 1.97. The Morgan fingerprint density at radius 1 is 1.00 bits per heavy atom. The van der Waals surface area contributed by atoms with Crippen LogP contribution < -0.4 is 0 Å². The van der Waals surface area contributed by atoms with Crippen LogP contribution in [0.4, 0.5) is 0 Å². The molecule has 0 unspecified atom stereocenters. The number of rotatable bonds is 6. The molecule has 0 aliphatic rings. The van der Waals surface area contributed by atoms with Gasteiger partial charge >= 0.3 is 5.97 Å². The van der Waals surface area contributed by atoms with Crippen molar-refractivity contribution in [2.45, 2.75) is 54.4 Å². The molecule has 0 saturated carbocycles. The van der Waals surface area contributed by atoms with E-state index in [2.05, 4.69) is 41.5 Å². The van der Waals surface area contributed by atoms with Crippen LogP contribution in [-0.2, 0) is 14.3 Å². The van der Waals surface area contributed by atoms with Crippen LogP contribution >= 0.6 is 0 Å². The van der Waals surface area contributed by atoms with Crippen molar-refractivity contribution in [1.29, 1.82) is 0 Å². The summed E-state index contributed by atoms with van der Waals surface area (Å²) in [6, 6.07) is 0. The van der Waals surface area contributed by atoms with E-state index in [1.165, 1.54) is 0 Å². The van der Waals surface area contributed by atoms with Crippen molar-refractivity contribution >= 4 is 5.97 Å². The minimum absolute atomic E-state index is 0.0623. The first-order valence-corrected chi connectivity index (χ1v) is 6.33. The minimum Gasteiger partial charge on any atom is -0.464 e. The van der Waals surface area contributed by atoms with Gasteiger partial charge in [0.25, 0.3) is 0 Å². The van der Waals surface area contributed by atoms with Crippen LogP contribution in [0.15, 0.2) is 0 Å². The zero-order valence-electron chi connectivity index (χ0n) is 12.3. The molecular weight excluding hydrogens is 216 g/mol. The van der Waals surface area contributed by atoms with Gasteiger partial charge in [0.15, 0.2) is 0 Å². The fourth-order valence-electron chi connectivity index (χ4n) is 1.27. The molecule has 3 nitrogen and oxygen atoms in total. The molecule has 0 spiro atoms. The third-order valence-electron chi connectivity index (χ3n) is 2.09. The largest absolute Gasteiger partial charge is 0.464 e. The molecule has 0 aromatic carbocycles. The van der Waals surface area contributed by atoms with Gasteiger partial charge < -0.3 is 9.47 Å². The van der Waals surface area contributed by atoms with Crippen LogP contribution in [0.25, 0.3) is 0 Å². The molecule has 0 rings (SSSR count). The van der Waals surface area contributed by atoms with Crippen LogP contribution in [0.1, 0.15) is 54.4 Å². The lowest BCUT2D eigenvalue weighted by Gasteiger charge is -2.18. The van der Waals surface area contributed by atoms with Crippen LogP contribution in [0.2, 0.25) is 0 Å². The normalized spacial score (nSPS) is 12.6. The van der Waals surface area contributed by atoms with Crippen molar-refractivity contribution in [3.63, 3.8) is 0 Å². The molecule has 0 atom stereocenters. The number of ether oxygens (including phenoxy) is 2. The van der Waals surface area contributed by atoms with Crippen LogP contribution in [-0.4, -0.2) is 25.8 Å². The first-order chi connectivity index (χ1) is 7.60. The van der Waals surface area contributed by atoms with Gasteiger partial charge in [-0.05, 0) is 23.7 Å². The second kappa shape index (κ2) is 7.00. The SMILES string of the molecule is CC(C)(C)CCCOC(=O)COCC(C)(C)C. The molecule has 0 aliphatic heterocycles. The maximum atomic E-state index is 11.3. The molecule has 17 heavy (non-hydrogen) atoms. The standard InChI is InChI=1S/C14H28O3/c1-13(2,3)8-7-9-17-12(15)10-16-11-14(4,5)6/h7-11H2,1-6H3. The van der Waals surface area contributed by atoms with Crippen molar-refractivity contribution in [2.24, 2.45) is 10.8 Å². The summed E-state index contributed by atoms with van der Waals surface area (Å²) in [4.78, 5) is 11.3. The van der Waals surface area contributed by atoms with E-state index in [4.69, 9.17) is 9.47 Å². The predicted molar refractivity (Wildman–Crippen MR) is 69.9 cm³/mol. The number of hydrogen-bond donors (Lipinski definition) is 0. The molecule has 0 fully saturated rings. The molecule has 0 amide bonds. The minimum atomic E-state index is -0.261. The number of esters is 1. The lowest BCUT2D eigenvalue weighted by Crippen LogP contribution is -2.20. The van der Waals surface area contributed by atoms with Gasteiger partial charge in [-0.3, -0.25) is 0 Å². The van der Waals surface area contributed by atoms with Gasteiger partial charge in [-0.2, -0.15) is 0 Å². The van der Waals surface area contributed by atoms with E-state index < -0.39 is 0 Å². The molecule has 0 bridgehead atoms. The molecule has 0 aromatic rings. The summed E-state index contributed by atoms with van der Waals surface area (Å²) < 4.78 is 10.4. The maximum absolute atomic E-state index is 11.3. The van der Waals surface area contributed by atoms with Crippen molar-refractivity contribution in [3.05, 3.63) is 0 Å². The molecule has 3 heteroatoms. The third kappa shape index (κ3) is 13.4. The Hall–Kier alpha value is -0.570. The quantitative estimate of drug-likeness (QED) is 0.530. The molecule has 0 saturated heterocycles. The third-order valence-corrected chi connectivity index (χ3v) is 2.09. The highest BCUT2D eigenvalue weighted by Crippen LogP contribution is 2.20. The lowest BCUT2D eigenvalue weighted by molar-refractivity contribution is -0.150. The van der Waals surface area contributed by atoms with Gasteiger partial charge in [0.1, 0.15) is 6.61 Å². The predicted octanol–water partition coefficient (Wildman–Crippen LogP) is 3.42. The molecule has 0 aromatic heterocycles. The number of hydrogen-bond acceptors (Lipinski definition) is 3. The van der Waals surface area contributed by atoms with Gasteiger partial charge in [0.2, 0.25) is 0 Å². The Balaban J connectivity index is 3.48. The molecule has 0 N–H and O–H groups in total. The van der Waals surface area contributed by atoms with E-state index in [-0.39, 0.29) is 18.0 Å². The van der Waals surface area contributed by atoms with E-state index in [1.54, 1.807) is 0 Å². The highest BCUT2D eigenvalue weighted by Gasteiger charge is 2.13. The topological polar surface area (TPSA) is 35.5 Å². The monoisotopic (exact) mass is 244 g/mol. The summed E-state index contributed by atoms with van der Waals surface area (Å²) >= 11 is 0. The first-order valence-electron chi connectivity index (χ1n) is 6.33.